The highest BCUT2D eigenvalue weighted by molar-refractivity contribution is 8.00. The smallest absolute Gasteiger partial charge is 0.140 e. The van der Waals surface area contributed by atoms with Crippen molar-refractivity contribution in [2.45, 2.75) is 56.5 Å². The molecule has 0 amide bonds. The summed E-state index contributed by atoms with van der Waals surface area (Å²) >= 11 is 2.00. The van der Waals surface area contributed by atoms with Crippen LogP contribution in [0.4, 0.5) is 0 Å². The molecule has 0 saturated heterocycles. The van der Waals surface area contributed by atoms with Gasteiger partial charge >= 0.3 is 0 Å². The standard InChI is InChI=1S/C11H22N2OS/c1-8-4-3-5-10(6-8)15-9(2)7-11(12)13-14/h8-10,14H,3-7H2,1-2H3,(H2,12,13). The van der Waals surface area contributed by atoms with Crippen LogP contribution in [-0.4, -0.2) is 21.5 Å². The monoisotopic (exact) mass is 230 g/mol. The fourth-order valence-corrected chi connectivity index (χ4v) is 3.88. The van der Waals surface area contributed by atoms with Crippen LogP contribution >= 0.6 is 11.8 Å². The maximum atomic E-state index is 8.49. The van der Waals surface area contributed by atoms with Gasteiger partial charge in [0.2, 0.25) is 0 Å². The Morgan fingerprint density at radius 1 is 1.60 bits per heavy atom. The van der Waals surface area contributed by atoms with Gasteiger partial charge < -0.3 is 10.9 Å². The molecular weight excluding hydrogens is 208 g/mol. The fraction of sp³-hybridized carbons (Fsp3) is 0.909. The molecule has 0 aromatic rings. The van der Waals surface area contributed by atoms with Gasteiger partial charge in [0, 0.05) is 16.9 Å². The molecule has 4 heteroatoms. The molecule has 3 nitrogen and oxygen atoms in total. The Morgan fingerprint density at radius 2 is 2.33 bits per heavy atom. The molecule has 88 valence electrons. The van der Waals surface area contributed by atoms with Gasteiger partial charge in [-0.15, -0.1) is 0 Å². The molecule has 1 aliphatic rings. The van der Waals surface area contributed by atoms with Gasteiger partial charge in [-0.1, -0.05) is 31.8 Å². The third-order valence-electron chi connectivity index (χ3n) is 2.94. The lowest BCUT2D eigenvalue weighted by Gasteiger charge is -2.28. The van der Waals surface area contributed by atoms with Crippen molar-refractivity contribution in [1.29, 1.82) is 0 Å². The summed E-state index contributed by atoms with van der Waals surface area (Å²) in [7, 11) is 0. The van der Waals surface area contributed by atoms with Crippen LogP contribution in [0.3, 0.4) is 0 Å². The number of amidine groups is 1. The summed E-state index contributed by atoms with van der Waals surface area (Å²) in [5, 5.41) is 12.7. The van der Waals surface area contributed by atoms with Gasteiger partial charge in [-0.25, -0.2) is 0 Å². The zero-order valence-corrected chi connectivity index (χ0v) is 10.5. The molecule has 1 fully saturated rings. The predicted octanol–water partition coefficient (Wildman–Crippen LogP) is 2.82. The Kier molecular flexibility index (Phi) is 5.29. The summed E-state index contributed by atoms with van der Waals surface area (Å²) in [5.41, 5.74) is 5.49. The quantitative estimate of drug-likeness (QED) is 0.338. The minimum absolute atomic E-state index is 0.346. The largest absolute Gasteiger partial charge is 0.409 e. The molecule has 3 N–H and O–H groups in total. The van der Waals surface area contributed by atoms with E-state index in [0.717, 1.165) is 11.2 Å². The summed E-state index contributed by atoms with van der Waals surface area (Å²) in [5.74, 6) is 1.21. The first kappa shape index (κ1) is 12.7. The van der Waals surface area contributed by atoms with E-state index in [1.807, 2.05) is 11.8 Å². The van der Waals surface area contributed by atoms with Crippen molar-refractivity contribution in [3.05, 3.63) is 0 Å². The summed E-state index contributed by atoms with van der Waals surface area (Å²) in [4.78, 5) is 0. The molecule has 3 atom stereocenters. The van der Waals surface area contributed by atoms with Crippen molar-refractivity contribution in [3.8, 4) is 0 Å². The van der Waals surface area contributed by atoms with Crippen molar-refractivity contribution in [2.24, 2.45) is 16.8 Å². The van der Waals surface area contributed by atoms with E-state index in [2.05, 4.69) is 19.0 Å². The van der Waals surface area contributed by atoms with Crippen molar-refractivity contribution in [3.63, 3.8) is 0 Å². The number of nitrogens with two attached hydrogens (primary N) is 1. The van der Waals surface area contributed by atoms with Gasteiger partial charge in [0.15, 0.2) is 0 Å². The van der Waals surface area contributed by atoms with Gasteiger partial charge in [0.1, 0.15) is 5.84 Å². The predicted molar refractivity (Wildman–Crippen MR) is 66.5 cm³/mol. The minimum atomic E-state index is 0.346. The number of rotatable bonds is 4. The molecule has 0 bridgehead atoms. The minimum Gasteiger partial charge on any atom is -0.409 e. The first-order chi connectivity index (χ1) is 7.11. The van der Waals surface area contributed by atoms with Gasteiger partial charge in [0.05, 0.1) is 0 Å². The third-order valence-corrected chi connectivity index (χ3v) is 4.38. The van der Waals surface area contributed by atoms with E-state index in [0.29, 0.717) is 17.5 Å². The van der Waals surface area contributed by atoms with Crippen LogP contribution in [0.25, 0.3) is 0 Å². The topological polar surface area (TPSA) is 58.6 Å². The van der Waals surface area contributed by atoms with E-state index in [9.17, 15) is 0 Å². The molecule has 1 saturated carbocycles. The maximum Gasteiger partial charge on any atom is 0.140 e. The van der Waals surface area contributed by atoms with E-state index in [4.69, 9.17) is 10.9 Å². The maximum absolute atomic E-state index is 8.49. The molecule has 15 heavy (non-hydrogen) atoms. The second kappa shape index (κ2) is 6.26. The van der Waals surface area contributed by atoms with Gasteiger partial charge in [-0.05, 0) is 18.8 Å². The van der Waals surface area contributed by atoms with E-state index in [-0.39, 0.29) is 0 Å². The molecule has 0 aromatic carbocycles. The van der Waals surface area contributed by atoms with Crippen molar-refractivity contribution >= 4 is 17.6 Å². The van der Waals surface area contributed by atoms with Crippen molar-refractivity contribution < 1.29 is 5.21 Å². The molecule has 0 aromatic heterocycles. The lowest BCUT2D eigenvalue weighted by Crippen LogP contribution is -2.21. The van der Waals surface area contributed by atoms with E-state index < -0.39 is 0 Å². The average molecular weight is 230 g/mol. The summed E-state index contributed by atoms with van der Waals surface area (Å²) in [6.45, 7) is 4.49. The second-order valence-corrected chi connectivity index (χ2v) is 6.38. The summed E-state index contributed by atoms with van der Waals surface area (Å²) < 4.78 is 0. The van der Waals surface area contributed by atoms with Gasteiger partial charge in [-0.2, -0.15) is 11.8 Å². The zero-order valence-electron chi connectivity index (χ0n) is 9.65. The third kappa shape index (κ3) is 4.78. The molecule has 0 spiro atoms. The van der Waals surface area contributed by atoms with Crippen LogP contribution in [-0.2, 0) is 0 Å². The average Bonchev–Trinajstić information content (AvgIpc) is 2.17. The van der Waals surface area contributed by atoms with E-state index in [1.165, 1.54) is 25.7 Å². The van der Waals surface area contributed by atoms with Crippen LogP contribution in [0.15, 0.2) is 5.16 Å². The second-order valence-electron chi connectivity index (χ2n) is 4.64. The lowest BCUT2D eigenvalue weighted by atomic mass is 9.91. The molecule has 1 aliphatic carbocycles. The Bertz CT molecular complexity index is 221. The van der Waals surface area contributed by atoms with Crippen molar-refractivity contribution in [2.75, 3.05) is 0 Å². The molecule has 0 heterocycles. The number of thioether (sulfide) groups is 1. The molecule has 0 aliphatic heterocycles. The van der Waals surface area contributed by atoms with Crippen molar-refractivity contribution in [1.82, 2.24) is 0 Å². The SMILES string of the molecule is CC1CCCC(SC(C)CC(N)=NO)C1. The molecule has 1 rings (SSSR count). The van der Waals surface area contributed by atoms with Crippen LogP contribution in [0.5, 0.6) is 0 Å². The van der Waals surface area contributed by atoms with Gasteiger partial charge in [-0.3, -0.25) is 0 Å². The van der Waals surface area contributed by atoms with Crippen LogP contribution in [0, 0.1) is 5.92 Å². The lowest BCUT2D eigenvalue weighted by molar-refractivity contribution is 0.317. The first-order valence-electron chi connectivity index (χ1n) is 5.73. The van der Waals surface area contributed by atoms with Crippen LogP contribution in [0.2, 0.25) is 0 Å². The number of hydrogen-bond donors (Lipinski definition) is 2. The highest BCUT2D eigenvalue weighted by Gasteiger charge is 2.21. The zero-order chi connectivity index (χ0) is 11.3. The Labute approximate surface area is 96.5 Å². The fourth-order valence-electron chi connectivity index (χ4n) is 2.21. The van der Waals surface area contributed by atoms with Crippen LogP contribution in [0.1, 0.15) is 46.0 Å². The van der Waals surface area contributed by atoms with E-state index in [1.54, 1.807) is 0 Å². The Balaban J connectivity index is 2.27. The first-order valence-corrected chi connectivity index (χ1v) is 6.68. The highest BCUT2D eigenvalue weighted by atomic mass is 32.2. The number of oxime groups is 1. The highest BCUT2D eigenvalue weighted by Crippen LogP contribution is 2.34. The molecular formula is C11H22N2OS. The summed E-state index contributed by atoms with van der Waals surface area (Å²) in [6.07, 6.45) is 6.08. The molecule has 3 unspecified atom stereocenters. The number of nitrogens with zero attached hydrogens (tertiary/aromatic N) is 1. The Hall–Kier alpha value is -0.380. The van der Waals surface area contributed by atoms with E-state index >= 15 is 0 Å². The number of hydrogen-bond acceptors (Lipinski definition) is 3. The van der Waals surface area contributed by atoms with Gasteiger partial charge in [0.25, 0.3) is 0 Å². The van der Waals surface area contributed by atoms with Crippen LogP contribution < -0.4 is 5.73 Å². The Morgan fingerprint density at radius 3 is 2.93 bits per heavy atom. The summed E-state index contributed by atoms with van der Waals surface area (Å²) in [6, 6.07) is 0. The normalized spacial score (nSPS) is 30.1. The molecule has 0 radical (unpaired) electrons.